The van der Waals surface area contributed by atoms with Crippen molar-refractivity contribution in [3.8, 4) is 0 Å². The second-order valence-corrected chi connectivity index (χ2v) is 5.68. The molecule has 7 heteroatoms. The van der Waals surface area contributed by atoms with Crippen molar-refractivity contribution in [2.24, 2.45) is 0 Å². The number of fused-ring (bicyclic) bond motifs is 3. The van der Waals surface area contributed by atoms with E-state index in [2.05, 4.69) is 20.2 Å². The van der Waals surface area contributed by atoms with E-state index in [-0.39, 0.29) is 6.04 Å². The molecule has 7 nitrogen and oxygen atoms in total. The number of rotatable bonds is 2. The minimum Gasteiger partial charge on any atom is -0.309 e. The van der Waals surface area contributed by atoms with Gasteiger partial charge in [-0.15, -0.1) is 0 Å². The van der Waals surface area contributed by atoms with Crippen molar-refractivity contribution in [2.45, 2.75) is 18.0 Å². The number of hydrogen-bond donors (Lipinski definition) is 1. The van der Waals surface area contributed by atoms with E-state index in [0.717, 1.165) is 23.0 Å². The predicted octanol–water partition coefficient (Wildman–Crippen LogP) is 1.20. The smallest absolute Gasteiger partial charge is 0.309 e. The Labute approximate surface area is 127 Å². The molecular formula is C15H16N4O3. The van der Waals surface area contributed by atoms with Gasteiger partial charge < -0.3 is 5.32 Å². The highest BCUT2D eigenvalue weighted by Crippen LogP contribution is 2.44. The van der Waals surface area contributed by atoms with E-state index < -0.39 is 11.6 Å². The third kappa shape index (κ3) is 1.79. The first-order valence-corrected chi connectivity index (χ1v) is 7.20. The monoisotopic (exact) mass is 300 g/mol. The zero-order chi connectivity index (χ0) is 15.2. The normalized spacial score (nSPS) is 26.6. The van der Waals surface area contributed by atoms with Gasteiger partial charge in [0.05, 0.1) is 18.3 Å². The van der Waals surface area contributed by atoms with E-state index in [1.807, 2.05) is 24.3 Å². The highest BCUT2D eigenvalue weighted by atomic mass is 17.2. The molecule has 1 amide bonds. The number of benzene rings is 1. The average molecular weight is 300 g/mol. The summed E-state index contributed by atoms with van der Waals surface area (Å²) in [5.41, 5.74) is 1.22. The number of aromatic nitrogens is 2. The zero-order valence-corrected chi connectivity index (χ0v) is 12.2. The summed E-state index contributed by atoms with van der Waals surface area (Å²) in [6.45, 7) is 1.23. The zero-order valence-electron chi connectivity index (χ0n) is 12.2. The number of nitrogens with one attached hydrogen (secondary N) is 1. The van der Waals surface area contributed by atoms with Gasteiger partial charge in [0.2, 0.25) is 0 Å². The lowest BCUT2D eigenvalue weighted by Gasteiger charge is -2.37. The van der Waals surface area contributed by atoms with E-state index in [1.54, 1.807) is 11.2 Å². The second-order valence-electron chi connectivity index (χ2n) is 5.68. The summed E-state index contributed by atoms with van der Waals surface area (Å²) >= 11 is 0. The van der Waals surface area contributed by atoms with Crippen LogP contribution in [0.25, 0.3) is 10.9 Å². The van der Waals surface area contributed by atoms with Gasteiger partial charge in [0.25, 0.3) is 0 Å². The summed E-state index contributed by atoms with van der Waals surface area (Å²) in [6.07, 6.45) is 1.89. The Morgan fingerprint density at radius 1 is 1.41 bits per heavy atom. The number of hydrogen-bond acceptors (Lipinski definition) is 6. The molecule has 2 aromatic rings. The number of carbonyl (C=O) groups is 1. The molecule has 0 saturated carbocycles. The number of likely N-dealkylation sites (tertiary alicyclic amines) is 1. The van der Waals surface area contributed by atoms with Crippen LogP contribution in [0.1, 0.15) is 12.1 Å². The minimum absolute atomic E-state index is 0.248. The van der Waals surface area contributed by atoms with Crippen LogP contribution in [0.3, 0.4) is 0 Å². The van der Waals surface area contributed by atoms with Crippen molar-refractivity contribution in [2.75, 3.05) is 20.2 Å². The second kappa shape index (κ2) is 4.89. The van der Waals surface area contributed by atoms with Crippen LogP contribution in [-0.4, -0.2) is 47.2 Å². The van der Waals surface area contributed by atoms with Gasteiger partial charge in [-0.25, -0.2) is 14.8 Å². The van der Waals surface area contributed by atoms with E-state index in [1.165, 1.54) is 7.11 Å². The van der Waals surface area contributed by atoms with Crippen LogP contribution < -0.4 is 5.32 Å². The molecular weight excluding hydrogens is 284 g/mol. The van der Waals surface area contributed by atoms with Crippen molar-refractivity contribution in [3.63, 3.8) is 0 Å². The fourth-order valence-corrected chi connectivity index (χ4v) is 3.64. The number of piperazine rings is 1. The third-order valence-corrected chi connectivity index (χ3v) is 4.55. The highest BCUT2D eigenvalue weighted by molar-refractivity contribution is 5.83. The predicted molar refractivity (Wildman–Crippen MR) is 77.8 cm³/mol. The molecule has 2 aliphatic heterocycles. The summed E-state index contributed by atoms with van der Waals surface area (Å²) in [5.74, 6) is 0. The van der Waals surface area contributed by atoms with Crippen molar-refractivity contribution in [1.29, 1.82) is 0 Å². The molecule has 2 saturated heterocycles. The first-order chi connectivity index (χ1) is 10.7. The molecule has 2 unspecified atom stereocenters. The van der Waals surface area contributed by atoms with Crippen molar-refractivity contribution in [1.82, 2.24) is 20.2 Å². The molecule has 1 N–H and O–H groups in total. The third-order valence-electron chi connectivity index (χ3n) is 4.55. The van der Waals surface area contributed by atoms with Crippen LogP contribution >= 0.6 is 0 Å². The Balaban J connectivity index is 1.85. The highest BCUT2D eigenvalue weighted by Gasteiger charge is 2.56. The SMILES string of the molecule is COOC(=O)N1CC2CC1(c1ncnc3ccccc13)CN2. The summed E-state index contributed by atoms with van der Waals surface area (Å²) in [6, 6.07) is 8.09. The fourth-order valence-electron chi connectivity index (χ4n) is 3.64. The Bertz CT molecular complexity index is 732. The quantitative estimate of drug-likeness (QED) is 0.663. The van der Waals surface area contributed by atoms with Crippen molar-refractivity contribution >= 4 is 17.0 Å². The Morgan fingerprint density at radius 3 is 3.09 bits per heavy atom. The first-order valence-electron chi connectivity index (χ1n) is 7.20. The minimum atomic E-state index is -0.511. The molecule has 2 atom stereocenters. The Kier molecular flexibility index (Phi) is 2.98. The number of nitrogens with zero attached hydrogens (tertiary/aromatic N) is 3. The van der Waals surface area contributed by atoms with E-state index >= 15 is 0 Å². The molecule has 0 radical (unpaired) electrons. The fraction of sp³-hybridized carbons (Fsp3) is 0.400. The average Bonchev–Trinajstić information content (AvgIpc) is 3.14. The van der Waals surface area contributed by atoms with Crippen LogP contribution in [0.5, 0.6) is 0 Å². The molecule has 2 aliphatic rings. The molecule has 2 fully saturated rings. The Morgan fingerprint density at radius 2 is 2.27 bits per heavy atom. The summed E-state index contributed by atoms with van der Waals surface area (Å²) in [5, 5.41) is 4.40. The largest absolute Gasteiger partial charge is 0.442 e. The van der Waals surface area contributed by atoms with Crippen LogP contribution in [-0.2, 0) is 15.3 Å². The number of carbonyl (C=O) groups excluding carboxylic acids is 1. The molecule has 3 heterocycles. The van der Waals surface area contributed by atoms with Gasteiger partial charge in [-0.2, -0.15) is 4.89 Å². The van der Waals surface area contributed by atoms with Crippen LogP contribution in [0.2, 0.25) is 0 Å². The van der Waals surface area contributed by atoms with Gasteiger partial charge in [0, 0.05) is 24.5 Å². The summed E-state index contributed by atoms with van der Waals surface area (Å²) in [4.78, 5) is 32.1. The standard InChI is InChI=1S/C15H16N4O3/c1-21-22-14(20)19-7-10-6-15(19,8-16-10)13-11-4-2-3-5-12(11)17-9-18-13/h2-5,9-10,16H,6-8H2,1H3. The molecule has 1 aromatic carbocycles. The Hall–Kier alpha value is -2.25. The topological polar surface area (TPSA) is 76.6 Å². The maximum Gasteiger partial charge on any atom is 0.442 e. The van der Waals surface area contributed by atoms with Gasteiger partial charge in [0.1, 0.15) is 11.9 Å². The maximum atomic E-state index is 12.3. The van der Waals surface area contributed by atoms with Crippen LogP contribution in [0, 0.1) is 0 Å². The van der Waals surface area contributed by atoms with Crippen molar-refractivity contribution in [3.05, 3.63) is 36.3 Å². The molecule has 1 aromatic heterocycles. The van der Waals surface area contributed by atoms with E-state index in [4.69, 9.17) is 4.89 Å². The number of para-hydroxylation sites is 1. The van der Waals surface area contributed by atoms with Gasteiger partial charge in [0.15, 0.2) is 0 Å². The summed E-state index contributed by atoms with van der Waals surface area (Å²) < 4.78 is 0. The van der Waals surface area contributed by atoms with Gasteiger partial charge in [-0.3, -0.25) is 9.79 Å². The van der Waals surface area contributed by atoms with Crippen LogP contribution in [0.4, 0.5) is 4.79 Å². The van der Waals surface area contributed by atoms with E-state index in [9.17, 15) is 4.79 Å². The van der Waals surface area contributed by atoms with Gasteiger partial charge in [-0.05, 0) is 12.5 Å². The molecule has 22 heavy (non-hydrogen) atoms. The van der Waals surface area contributed by atoms with Gasteiger partial charge >= 0.3 is 6.09 Å². The molecule has 114 valence electrons. The lowest BCUT2D eigenvalue weighted by atomic mass is 9.91. The molecule has 4 rings (SSSR count). The maximum absolute atomic E-state index is 12.3. The van der Waals surface area contributed by atoms with Crippen LogP contribution in [0.15, 0.2) is 30.6 Å². The van der Waals surface area contributed by atoms with Gasteiger partial charge in [-0.1, -0.05) is 18.2 Å². The molecule has 0 aliphatic carbocycles. The summed E-state index contributed by atoms with van der Waals surface area (Å²) in [7, 11) is 1.33. The first kappa shape index (κ1) is 13.4. The number of amides is 1. The lowest BCUT2D eigenvalue weighted by Crippen LogP contribution is -2.53. The molecule has 2 bridgehead atoms. The van der Waals surface area contributed by atoms with Crippen molar-refractivity contribution < 1.29 is 14.6 Å². The van der Waals surface area contributed by atoms with E-state index in [0.29, 0.717) is 13.1 Å². The lowest BCUT2D eigenvalue weighted by molar-refractivity contribution is -0.224. The molecule has 0 spiro atoms.